The molecule has 1 fully saturated rings. The van der Waals surface area contributed by atoms with E-state index < -0.39 is 6.10 Å². The predicted octanol–water partition coefficient (Wildman–Crippen LogP) is 2.89. The van der Waals surface area contributed by atoms with Gasteiger partial charge in [-0.2, -0.15) is 0 Å². The van der Waals surface area contributed by atoms with E-state index in [9.17, 15) is 9.90 Å². The van der Waals surface area contributed by atoms with Crippen LogP contribution in [0.5, 0.6) is 11.5 Å². The molecule has 2 aromatic carbocycles. The molecule has 1 heterocycles. The Bertz CT molecular complexity index is 864. The van der Waals surface area contributed by atoms with Crippen LogP contribution in [0, 0.1) is 5.92 Å². The molecule has 1 aliphatic heterocycles. The van der Waals surface area contributed by atoms with E-state index in [-0.39, 0.29) is 12.5 Å². The third kappa shape index (κ3) is 8.68. The SMILES string of the molecule is COc1cccc(OCC(O)CN2CCN(CC(=O)Nc3ccc(CC(C)C)cc3)CC2)c1. The number of carbonyl (C=O) groups excluding carboxylic acids is 1. The summed E-state index contributed by atoms with van der Waals surface area (Å²) in [7, 11) is 1.61. The summed E-state index contributed by atoms with van der Waals surface area (Å²) in [5.41, 5.74) is 2.13. The molecule has 7 nitrogen and oxygen atoms in total. The highest BCUT2D eigenvalue weighted by Crippen LogP contribution is 2.19. The highest BCUT2D eigenvalue weighted by Gasteiger charge is 2.21. The maximum absolute atomic E-state index is 12.4. The number of benzene rings is 2. The first-order chi connectivity index (χ1) is 15.9. The number of anilines is 1. The monoisotopic (exact) mass is 455 g/mol. The number of aliphatic hydroxyl groups excluding tert-OH is 1. The molecule has 1 aliphatic rings. The molecule has 7 heteroatoms. The Hall–Kier alpha value is -2.61. The van der Waals surface area contributed by atoms with Gasteiger partial charge in [-0.25, -0.2) is 0 Å². The number of aliphatic hydroxyl groups is 1. The van der Waals surface area contributed by atoms with Gasteiger partial charge in [-0.05, 0) is 42.2 Å². The topological polar surface area (TPSA) is 74.3 Å². The lowest BCUT2D eigenvalue weighted by molar-refractivity contribution is -0.117. The second-order valence-electron chi connectivity index (χ2n) is 9.06. The van der Waals surface area contributed by atoms with Crippen LogP contribution in [0.4, 0.5) is 5.69 Å². The zero-order valence-electron chi connectivity index (χ0n) is 20.0. The summed E-state index contributed by atoms with van der Waals surface area (Å²) in [6.45, 7) is 8.77. The van der Waals surface area contributed by atoms with Crippen molar-refractivity contribution in [1.29, 1.82) is 0 Å². The number of hydrogen-bond donors (Lipinski definition) is 2. The fraction of sp³-hybridized carbons (Fsp3) is 0.500. The third-order valence-electron chi connectivity index (χ3n) is 5.67. The molecule has 0 saturated carbocycles. The zero-order chi connectivity index (χ0) is 23.6. The highest BCUT2D eigenvalue weighted by molar-refractivity contribution is 5.92. The number of ether oxygens (including phenoxy) is 2. The Labute approximate surface area is 197 Å². The molecular formula is C26H37N3O4. The normalized spacial score (nSPS) is 15.9. The molecule has 0 aromatic heterocycles. The van der Waals surface area contributed by atoms with Gasteiger partial charge in [0, 0.05) is 44.5 Å². The summed E-state index contributed by atoms with van der Waals surface area (Å²) in [4.78, 5) is 16.8. The van der Waals surface area contributed by atoms with Crippen LogP contribution in [-0.2, 0) is 11.2 Å². The molecular weight excluding hydrogens is 418 g/mol. The van der Waals surface area contributed by atoms with E-state index in [0.717, 1.165) is 44.0 Å². The number of carbonyl (C=O) groups is 1. The van der Waals surface area contributed by atoms with Crippen LogP contribution in [0.2, 0.25) is 0 Å². The Kier molecular flexibility index (Phi) is 9.54. The van der Waals surface area contributed by atoms with Gasteiger partial charge in [-0.1, -0.05) is 32.0 Å². The fourth-order valence-corrected chi connectivity index (χ4v) is 3.96. The predicted molar refractivity (Wildman–Crippen MR) is 131 cm³/mol. The van der Waals surface area contributed by atoms with E-state index in [1.165, 1.54) is 5.56 Å². The van der Waals surface area contributed by atoms with E-state index in [1.54, 1.807) is 13.2 Å². The Morgan fingerprint density at radius 1 is 1.03 bits per heavy atom. The molecule has 0 bridgehead atoms. The molecule has 33 heavy (non-hydrogen) atoms. The van der Waals surface area contributed by atoms with E-state index in [4.69, 9.17) is 9.47 Å². The summed E-state index contributed by atoms with van der Waals surface area (Å²) in [6, 6.07) is 15.5. The summed E-state index contributed by atoms with van der Waals surface area (Å²) in [6.07, 6.45) is 0.463. The number of nitrogens with zero attached hydrogens (tertiary/aromatic N) is 2. The first kappa shape index (κ1) is 25.0. The third-order valence-corrected chi connectivity index (χ3v) is 5.67. The lowest BCUT2D eigenvalue weighted by Gasteiger charge is -2.35. The summed E-state index contributed by atoms with van der Waals surface area (Å²) in [5, 5.41) is 13.4. The van der Waals surface area contributed by atoms with Crippen LogP contribution in [-0.4, -0.2) is 79.9 Å². The minimum Gasteiger partial charge on any atom is -0.497 e. The number of nitrogens with one attached hydrogen (secondary N) is 1. The van der Waals surface area contributed by atoms with Crippen LogP contribution in [0.3, 0.4) is 0 Å². The summed E-state index contributed by atoms with van der Waals surface area (Å²) in [5.74, 6) is 2.03. The number of β-amino-alcohol motifs (C(OH)–C–C–N with tert-alkyl or cyclic N) is 1. The van der Waals surface area contributed by atoms with Crippen molar-refractivity contribution in [2.45, 2.75) is 26.4 Å². The van der Waals surface area contributed by atoms with Crippen molar-refractivity contribution >= 4 is 11.6 Å². The van der Waals surface area contributed by atoms with Gasteiger partial charge in [-0.3, -0.25) is 14.6 Å². The molecule has 1 unspecified atom stereocenters. The molecule has 0 aliphatic carbocycles. The molecule has 180 valence electrons. The van der Waals surface area contributed by atoms with Gasteiger partial charge in [-0.15, -0.1) is 0 Å². The van der Waals surface area contributed by atoms with Gasteiger partial charge in [0.1, 0.15) is 24.2 Å². The van der Waals surface area contributed by atoms with Gasteiger partial charge in [0.2, 0.25) is 5.91 Å². The minimum absolute atomic E-state index is 0.00628. The van der Waals surface area contributed by atoms with Crippen LogP contribution in [0.1, 0.15) is 19.4 Å². The second kappa shape index (κ2) is 12.6. The van der Waals surface area contributed by atoms with Crippen LogP contribution in [0.15, 0.2) is 48.5 Å². The Morgan fingerprint density at radius 2 is 1.70 bits per heavy atom. The van der Waals surface area contributed by atoms with Crippen LogP contribution >= 0.6 is 0 Å². The molecule has 0 radical (unpaired) electrons. The van der Waals surface area contributed by atoms with E-state index in [0.29, 0.717) is 24.8 Å². The number of methoxy groups -OCH3 is 1. The number of piperazine rings is 1. The summed E-state index contributed by atoms with van der Waals surface area (Å²) >= 11 is 0. The smallest absolute Gasteiger partial charge is 0.238 e. The molecule has 1 atom stereocenters. The van der Waals surface area contributed by atoms with Crippen LogP contribution < -0.4 is 14.8 Å². The molecule has 1 saturated heterocycles. The minimum atomic E-state index is -0.579. The Morgan fingerprint density at radius 3 is 2.36 bits per heavy atom. The number of hydrogen-bond acceptors (Lipinski definition) is 6. The molecule has 2 N–H and O–H groups in total. The van der Waals surface area contributed by atoms with Crippen molar-refractivity contribution < 1.29 is 19.4 Å². The average Bonchev–Trinajstić information content (AvgIpc) is 2.80. The van der Waals surface area contributed by atoms with Crippen LogP contribution in [0.25, 0.3) is 0 Å². The van der Waals surface area contributed by atoms with Crippen molar-refractivity contribution in [2.24, 2.45) is 5.92 Å². The largest absolute Gasteiger partial charge is 0.497 e. The molecule has 2 aromatic rings. The standard InChI is InChI=1S/C26H37N3O4/c1-20(2)15-21-7-9-22(10-8-21)27-26(31)18-29-13-11-28(12-14-29)17-23(30)19-33-25-6-4-5-24(16-25)32-3/h4-10,16,20,23,30H,11-15,17-19H2,1-3H3,(H,27,31). The Balaban J connectivity index is 1.34. The van der Waals surface area contributed by atoms with Crippen molar-refractivity contribution in [3.8, 4) is 11.5 Å². The van der Waals surface area contributed by atoms with Gasteiger partial charge in [0.25, 0.3) is 0 Å². The summed E-state index contributed by atoms with van der Waals surface area (Å²) < 4.78 is 10.9. The maximum Gasteiger partial charge on any atom is 0.238 e. The van der Waals surface area contributed by atoms with E-state index in [2.05, 4.69) is 41.1 Å². The second-order valence-corrected chi connectivity index (χ2v) is 9.06. The first-order valence-electron chi connectivity index (χ1n) is 11.7. The van der Waals surface area contributed by atoms with Gasteiger partial charge >= 0.3 is 0 Å². The molecule has 3 rings (SSSR count). The van der Waals surface area contributed by atoms with Gasteiger partial charge in [0.15, 0.2) is 0 Å². The first-order valence-corrected chi connectivity index (χ1v) is 11.7. The lowest BCUT2D eigenvalue weighted by atomic mass is 10.0. The zero-order valence-corrected chi connectivity index (χ0v) is 20.0. The van der Waals surface area contributed by atoms with E-state index >= 15 is 0 Å². The average molecular weight is 456 g/mol. The fourth-order valence-electron chi connectivity index (χ4n) is 3.96. The number of amides is 1. The number of rotatable bonds is 11. The molecule has 0 spiro atoms. The van der Waals surface area contributed by atoms with Gasteiger partial charge in [0.05, 0.1) is 13.7 Å². The highest BCUT2D eigenvalue weighted by atomic mass is 16.5. The van der Waals surface area contributed by atoms with E-state index in [1.807, 2.05) is 30.3 Å². The van der Waals surface area contributed by atoms with Crippen molar-refractivity contribution in [1.82, 2.24) is 9.80 Å². The molecule has 1 amide bonds. The maximum atomic E-state index is 12.4. The van der Waals surface area contributed by atoms with Crippen molar-refractivity contribution in [3.05, 3.63) is 54.1 Å². The lowest BCUT2D eigenvalue weighted by Crippen LogP contribution is -2.50. The quantitative estimate of drug-likeness (QED) is 0.543. The van der Waals surface area contributed by atoms with Crippen molar-refractivity contribution in [2.75, 3.05) is 58.3 Å². The van der Waals surface area contributed by atoms with Crippen molar-refractivity contribution in [3.63, 3.8) is 0 Å². The van der Waals surface area contributed by atoms with Gasteiger partial charge < -0.3 is 19.9 Å².